The van der Waals surface area contributed by atoms with Gasteiger partial charge in [-0.25, -0.2) is 18.4 Å². The fraction of sp³-hybridized carbons (Fsp3) is 0.314. The molecule has 2 unspecified atom stereocenters. The van der Waals surface area contributed by atoms with Gasteiger partial charge in [-0.15, -0.1) is 0 Å². The van der Waals surface area contributed by atoms with Gasteiger partial charge in [0.2, 0.25) is 10.0 Å². The summed E-state index contributed by atoms with van der Waals surface area (Å²) < 4.78 is 35.8. The number of carbonyl (C=O) groups is 2. The zero-order valence-electron chi connectivity index (χ0n) is 26.3. The number of sulfonamides is 1. The fourth-order valence-corrected chi connectivity index (χ4v) is 7.04. The summed E-state index contributed by atoms with van der Waals surface area (Å²) in [6.07, 6.45) is 0.540. The van der Waals surface area contributed by atoms with E-state index >= 15 is 0 Å². The molecule has 10 nitrogen and oxygen atoms in total. The Morgan fingerprint density at radius 3 is 2.37 bits per heavy atom. The van der Waals surface area contributed by atoms with E-state index in [0.717, 1.165) is 17.5 Å². The predicted molar refractivity (Wildman–Crippen MR) is 179 cm³/mol. The van der Waals surface area contributed by atoms with Crippen LogP contribution in [0.15, 0.2) is 72.8 Å². The number of benzene rings is 4. The van der Waals surface area contributed by atoms with Gasteiger partial charge in [0.15, 0.2) is 0 Å². The van der Waals surface area contributed by atoms with Crippen LogP contribution in [-0.2, 0) is 32.3 Å². The number of fused-ring (bicyclic) bond motifs is 5. The molecule has 46 heavy (non-hydrogen) atoms. The van der Waals surface area contributed by atoms with Gasteiger partial charge in [0.1, 0.15) is 11.9 Å². The number of hydrogen-bond donors (Lipinski definition) is 3. The molecule has 0 spiro atoms. The van der Waals surface area contributed by atoms with E-state index in [9.17, 15) is 18.0 Å². The summed E-state index contributed by atoms with van der Waals surface area (Å²) in [7, 11) is -2.47. The van der Waals surface area contributed by atoms with Gasteiger partial charge in [0.25, 0.3) is 5.91 Å². The van der Waals surface area contributed by atoms with E-state index in [-0.39, 0.29) is 29.3 Å². The monoisotopic (exact) mass is 642 g/mol. The van der Waals surface area contributed by atoms with Gasteiger partial charge in [-0.05, 0) is 45.7 Å². The maximum atomic E-state index is 14.0. The highest BCUT2D eigenvalue weighted by molar-refractivity contribution is 7.88. The Hall–Kier alpha value is -4.45. The van der Waals surface area contributed by atoms with E-state index in [0.29, 0.717) is 46.4 Å². The molecule has 2 atom stereocenters. The topological polar surface area (TPSA) is 140 Å². The van der Waals surface area contributed by atoms with Crippen molar-refractivity contribution in [2.45, 2.75) is 50.6 Å². The second kappa shape index (κ2) is 12.1. The Bertz CT molecular complexity index is 1950. The van der Waals surface area contributed by atoms with Crippen LogP contribution in [0, 0.1) is 0 Å². The van der Waals surface area contributed by atoms with E-state index < -0.39 is 21.8 Å². The summed E-state index contributed by atoms with van der Waals surface area (Å²) in [5.41, 5.74) is 4.55. The normalized spacial score (nSPS) is 17.7. The zero-order chi connectivity index (χ0) is 32.8. The number of primary sulfonamides is 1. The lowest BCUT2D eigenvalue weighted by molar-refractivity contribution is -0.0864. The average Bonchev–Trinajstić information content (AvgIpc) is 2.99. The number of nitrogens with two attached hydrogens (primary N) is 1. The molecule has 6 rings (SSSR count). The maximum absolute atomic E-state index is 14.0. The number of morpholine rings is 1. The Balaban J connectivity index is 1.27. The van der Waals surface area contributed by atoms with Crippen LogP contribution in [-0.4, -0.2) is 51.6 Å². The number of rotatable bonds is 6. The first-order chi connectivity index (χ1) is 21.8. The molecule has 2 bridgehead atoms. The molecular weight excluding hydrogens is 604 g/mol. The quantitative estimate of drug-likeness (QED) is 0.246. The van der Waals surface area contributed by atoms with Gasteiger partial charge in [-0.1, -0.05) is 75.4 Å². The SMILES string of the molecule is COc1c(CS(N)(=O)=O)cc(C(C)(C)C)cc1NC(=O)Nc1ccc(C(=O)N2CC3Cc4ccccc4C(C2)O3)c2ccccc12. The molecule has 1 saturated heterocycles. The Kier molecular flexibility index (Phi) is 8.26. The number of carbonyl (C=O) groups excluding carboxylic acids is 2. The molecule has 4 aromatic rings. The molecule has 0 aromatic heterocycles. The van der Waals surface area contributed by atoms with Crippen LogP contribution in [0.2, 0.25) is 0 Å². The van der Waals surface area contributed by atoms with Crippen LogP contribution in [0.4, 0.5) is 16.2 Å². The van der Waals surface area contributed by atoms with Gasteiger partial charge in [0, 0.05) is 29.5 Å². The van der Waals surface area contributed by atoms with E-state index in [1.165, 1.54) is 12.7 Å². The number of amides is 3. The molecule has 3 amide bonds. The van der Waals surface area contributed by atoms with E-state index in [4.69, 9.17) is 14.6 Å². The number of ether oxygens (including phenoxy) is 2. The summed E-state index contributed by atoms with van der Waals surface area (Å²) in [5.74, 6) is -0.329. The molecule has 0 saturated carbocycles. The van der Waals surface area contributed by atoms with Crippen molar-refractivity contribution in [3.05, 3.63) is 101 Å². The highest BCUT2D eigenvalue weighted by Crippen LogP contribution is 2.38. The minimum absolute atomic E-state index is 0.0623. The largest absolute Gasteiger partial charge is 0.494 e. The molecular formula is C35H38N4O6S. The van der Waals surface area contributed by atoms with Crippen LogP contribution in [0.1, 0.15) is 59.5 Å². The van der Waals surface area contributed by atoms with Crippen LogP contribution in [0.5, 0.6) is 5.75 Å². The number of nitrogens with zero attached hydrogens (tertiary/aromatic N) is 1. The second-order valence-corrected chi connectivity index (χ2v) is 14.5. The van der Waals surface area contributed by atoms with Crippen molar-refractivity contribution in [3.8, 4) is 5.75 Å². The molecule has 11 heteroatoms. The highest BCUT2D eigenvalue weighted by atomic mass is 32.2. The van der Waals surface area contributed by atoms with Crippen molar-refractivity contribution >= 4 is 44.1 Å². The standard InChI is InChI=1S/C35H38N4O6S/c1-35(2,3)23-15-22(20-46(36,42)43)32(44-4)30(17-23)38-34(41)37-29-14-13-28(26-11-7-8-12-27(26)29)33(40)39-18-24-16-21-9-5-6-10-25(21)31(19-39)45-24/h5-15,17,24,31H,16,18-20H2,1-4H3,(H2,36,42,43)(H2,37,38,41). The lowest BCUT2D eigenvalue weighted by Gasteiger charge is -2.42. The molecule has 0 radical (unpaired) electrons. The third-order valence-electron chi connectivity index (χ3n) is 8.55. The number of urea groups is 1. The number of nitrogens with one attached hydrogen (secondary N) is 2. The Morgan fingerprint density at radius 1 is 0.957 bits per heavy atom. The highest BCUT2D eigenvalue weighted by Gasteiger charge is 2.37. The zero-order valence-corrected chi connectivity index (χ0v) is 27.1. The minimum atomic E-state index is -3.87. The molecule has 240 valence electrons. The summed E-state index contributed by atoms with van der Waals surface area (Å²) in [4.78, 5) is 29.2. The number of hydrogen-bond acceptors (Lipinski definition) is 6. The lowest BCUT2D eigenvalue weighted by Crippen LogP contribution is -2.49. The molecule has 0 aliphatic carbocycles. The first-order valence-corrected chi connectivity index (χ1v) is 16.9. The van der Waals surface area contributed by atoms with Crippen molar-refractivity contribution in [1.29, 1.82) is 0 Å². The van der Waals surface area contributed by atoms with Crippen molar-refractivity contribution in [2.75, 3.05) is 30.8 Å². The van der Waals surface area contributed by atoms with Crippen molar-refractivity contribution in [1.82, 2.24) is 4.90 Å². The van der Waals surface area contributed by atoms with Crippen LogP contribution in [0.3, 0.4) is 0 Å². The molecule has 2 aliphatic heterocycles. The van der Waals surface area contributed by atoms with Gasteiger partial charge in [-0.2, -0.15) is 0 Å². The predicted octanol–water partition coefficient (Wildman–Crippen LogP) is 5.72. The Labute approximate surface area is 268 Å². The smallest absolute Gasteiger partial charge is 0.323 e. The third-order valence-corrected chi connectivity index (χ3v) is 9.26. The van der Waals surface area contributed by atoms with E-state index in [2.05, 4.69) is 22.8 Å². The molecule has 4 aromatic carbocycles. The lowest BCUT2D eigenvalue weighted by atomic mass is 9.85. The number of methoxy groups -OCH3 is 1. The fourth-order valence-electron chi connectivity index (χ4n) is 6.39. The van der Waals surface area contributed by atoms with Gasteiger partial charge in [-0.3, -0.25) is 4.79 Å². The van der Waals surface area contributed by atoms with Crippen LogP contribution >= 0.6 is 0 Å². The van der Waals surface area contributed by atoms with Crippen molar-refractivity contribution in [3.63, 3.8) is 0 Å². The van der Waals surface area contributed by atoms with E-state index in [1.807, 2.05) is 62.1 Å². The summed E-state index contributed by atoms with van der Waals surface area (Å²) in [6, 6.07) is 22.1. The molecule has 4 N–H and O–H groups in total. The minimum Gasteiger partial charge on any atom is -0.494 e. The summed E-state index contributed by atoms with van der Waals surface area (Å²) in [5, 5.41) is 12.5. The van der Waals surface area contributed by atoms with Gasteiger partial charge >= 0.3 is 6.03 Å². The van der Waals surface area contributed by atoms with Gasteiger partial charge in [0.05, 0.1) is 36.9 Å². The second-order valence-electron chi connectivity index (χ2n) is 12.9. The first-order valence-electron chi connectivity index (χ1n) is 15.1. The van der Waals surface area contributed by atoms with Crippen LogP contribution < -0.4 is 20.5 Å². The molecule has 1 fully saturated rings. The summed E-state index contributed by atoms with van der Waals surface area (Å²) in [6.45, 7) is 6.92. The number of anilines is 2. The van der Waals surface area contributed by atoms with Crippen molar-refractivity contribution < 1.29 is 27.5 Å². The van der Waals surface area contributed by atoms with E-state index in [1.54, 1.807) is 24.3 Å². The molecule has 2 heterocycles. The van der Waals surface area contributed by atoms with Crippen molar-refractivity contribution in [2.24, 2.45) is 5.14 Å². The molecule has 2 aliphatic rings. The Morgan fingerprint density at radius 2 is 1.65 bits per heavy atom. The third kappa shape index (κ3) is 6.44. The van der Waals surface area contributed by atoms with Gasteiger partial charge < -0.3 is 25.0 Å². The van der Waals surface area contributed by atoms with Crippen LogP contribution in [0.25, 0.3) is 10.8 Å². The average molecular weight is 643 g/mol. The maximum Gasteiger partial charge on any atom is 0.323 e. The summed E-state index contributed by atoms with van der Waals surface area (Å²) >= 11 is 0. The first kappa shape index (κ1) is 31.5.